The van der Waals surface area contributed by atoms with Crippen molar-refractivity contribution in [2.45, 2.75) is 25.4 Å². The van der Waals surface area contributed by atoms with Crippen molar-refractivity contribution in [2.75, 3.05) is 6.61 Å². The molecule has 2 aliphatic rings. The number of oxime groups is 1. The maximum atomic E-state index is 12.0. The van der Waals surface area contributed by atoms with Gasteiger partial charge in [-0.1, -0.05) is 35.5 Å². The van der Waals surface area contributed by atoms with Gasteiger partial charge in [0, 0.05) is 18.4 Å². The van der Waals surface area contributed by atoms with Gasteiger partial charge in [0.05, 0.1) is 5.71 Å². The molecule has 8 heteroatoms. The number of nitrogens with zero attached hydrogens (tertiary/aromatic N) is 1. The summed E-state index contributed by atoms with van der Waals surface area (Å²) in [7, 11) is 0. The molecule has 1 aliphatic carbocycles. The number of aliphatic carboxylic acids is 1. The minimum Gasteiger partial charge on any atom is -0.485 e. The highest BCUT2D eigenvalue weighted by Gasteiger charge is 2.29. The highest BCUT2D eigenvalue weighted by molar-refractivity contribution is 6.32. The van der Waals surface area contributed by atoms with Crippen LogP contribution in [0.1, 0.15) is 39.9 Å². The molecule has 0 bridgehead atoms. The van der Waals surface area contributed by atoms with Crippen LogP contribution in [-0.2, 0) is 11.2 Å². The predicted octanol–water partition coefficient (Wildman–Crippen LogP) is 3.32. The van der Waals surface area contributed by atoms with E-state index in [0.717, 1.165) is 11.1 Å². The average Bonchev–Trinajstić information content (AvgIpc) is 3.09. The maximum absolute atomic E-state index is 12.0. The Morgan fingerprint density at radius 2 is 1.97 bits per heavy atom. The maximum Gasteiger partial charge on any atom is 0.340 e. The van der Waals surface area contributed by atoms with Gasteiger partial charge in [0.1, 0.15) is 18.3 Å². The average molecular weight is 409 g/mol. The normalized spacial score (nSPS) is 19.7. The van der Waals surface area contributed by atoms with E-state index in [1.807, 2.05) is 24.3 Å². The molecule has 1 aliphatic heterocycles. The van der Waals surface area contributed by atoms with Crippen LogP contribution in [0.5, 0.6) is 11.5 Å². The van der Waals surface area contributed by atoms with Crippen LogP contribution in [0.3, 0.4) is 0 Å². The molecule has 154 valence electrons. The van der Waals surface area contributed by atoms with Gasteiger partial charge in [-0.15, -0.1) is 0 Å². The number of carbonyl (C=O) groups is 2. The van der Waals surface area contributed by atoms with Crippen LogP contribution in [0.2, 0.25) is 0 Å². The second-order valence-electron chi connectivity index (χ2n) is 7.08. The van der Waals surface area contributed by atoms with E-state index in [9.17, 15) is 19.9 Å². The van der Waals surface area contributed by atoms with Crippen molar-refractivity contribution in [3.05, 3.63) is 58.7 Å². The third-order valence-electron chi connectivity index (χ3n) is 5.15. The van der Waals surface area contributed by atoms with Gasteiger partial charge in [0.2, 0.25) is 0 Å². The minimum atomic E-state index is -1.18. The van der Waals surface area contributed by atoms with Gasteiger partial charge >= 0.3 is 11.9 Å². The summed E-state index contributed by atoms with van der Waals surface area (Å²) in [6.45, 7) is 0.0623. The molecule has 0 radical (unpaired) electrons. The van der Waals surface area contributed by atoms with E-state index in [-0.39, 0.29) is 36.5 Å². The Balaban J connectivity index is 1.73. The van der Waals surface area contributed by atoms with Gasteiger partial charge in [-0.2, -0.15) is 0 Å². The highest BCUT2D eigenvalue weighted by Crippen LogP contribution is 2.40. The number of carboxylic acid groups (broad SMARTS) is 2. The topological polar surface area (TPSA) is 126 Å². The molecule has 1 unspecified atom stereocenters. The first kappa shape index (κ1) is 19.5. The van der Waals surface area contributed by atoms with Crippen molar-refractivity contribution in [3.63, 3.8) is 0 Å². The van der Waals surface area contributed by atoms with Crippen LogP contribution >= 0.6 is 0 Å². The molecule has 0 saturated carbocycles. The zero-order valence-corrected chi connectivity index (χ0v) is 15.9. The zero-order valence-electron chi connectivity index (χ0n) is 15.9. The first-order chi connectivity index (χ1) is 14.5. The van der Waals surface area contributed by atoms with Crippen LogP contribution in [0.4, 0.5) is 0 Å². The third kappa shape index (κ3) is 3.59. The summed E-state index contributed by atoms with van der Waals surface area (Å²) >= 11 is 0. The van der Waals surface area contributed by atoms with Gasteiger partial charge in [-0.3, -0.25) is 4.79 Å². The van der Waals surface area contributed by atoms with Crippen molar-refractivity contribution < 1.29 is 34.5 Å². The lowest BCUT2D eigenvalue weighted by Crippen LogP contribution is -2.30. The number of hydrogen-bond donors (Lipinski definition) is 3. The number of allylic oxidation sites excluding steroid dienone is 1. The van der Waals surface area contributed by atoms with Gasteiger partial charge in [0.15, 0.2) is 11.5 Å². The largest absolute Gasteiger partial charge is 0.485 e. The summed E-state index contributed by atoms with van der Waals surface area (Å²) in [5.41, 5.74) is 3.31. The van der Waals surface area contributed by atoms with E-state index < -0.39 is 18.0 Å². The molecule has 0 spiro atoms. The van der Waals surface area contributed by atoms with Gasteiger partial charge in [0.25, 0.3) is 0 Å². The minimum absolute atomic E-state index is 0.0571. The summed E-state index contributed by atoms with van der Waals surface area (Å²) in [6, 6.07) is 10.8. The molecular formula is C22H19NO7. The summed E-state index contributed by atoms with van der Waals surface area (Å²) in [4.78, 5) is 22.8. The smallest absolute Gasteiger partial charge is 0.340 e. The first-order valence-corrected chi connectivity index (χ1v) is 9.40. The van der Waals surface area contributed by atoms with Crippen molar-refractivity contribution in [3.8, 4) is 11.5 Å². The number of aromatic carboxylic acids is 1. The Morgan fingerprint density at radius 1 is 1.17 bits per heavy atom. The summed E-state index contributed by atoms with van der Waals surface area (Å²) in [5.74, 6) is -1.74. The van der Waals surface area contributed by atoms with Crippen LogP contribution in [0, 0.1) is 0 Å². The van der Waals surface area contributed by atoms with E-state index in [0.29, 0.717) is 23.3 Å². The fourth-order valence-electron chi connectivity index (χ4n) is 3.75. The van der Waals surface area contributed by atoms with Gasteiger partial charge in [-0.25, -0.2) is 4.79 Å². The van der Waals surface area contributed by atoms with E-state index in [4.69, 9.17) is 14.6 Å². The highest BCUT2D eigenvalue weighted by atomic mass is 16.6. The number of hydrogen-bond acceptors (Lipinski definition) is 6. The predicted molar refractivity (Wildman–Crippen MR) is 107 cm³/mol. The molecule has 0 saturated heterocycles. The van der Waals surface area contributed by atoms with Crippen molar-refractivity contribution in [1.82, 2.24) is 0 Å². The van der Waals surface area contributed by atoms with Crippen LogP contribution in [0.25, 0.3) is 11.6 Å². The molecule has 3 N–H and O–H groups in total. The molecule has 1 atom stereocenters. The Kier molecular flexibility index (Phi) is 5.14. The Hall–Kier alpha value is -3.81. The second-order valence-corrected chi connectivity index (χ2v) is 7.08. The van der Waals surface area contributed by atoms with Crippen molar-refractivity contribution in [2.24, 2.45) is 5.16 Å². The lowest BCUT2D eigenvalue weighted by molar-refractivity contribution is -0.137. The number of carboxylic acids is 2. The standard InChI is InChI=1S/C22H19NO7/c24-19(25)8-6-14-11-29-21-18(30-14)7-5-13(20(21)22(26)27)9-16-15-4-2-1-3-12(15)10-17(16)23-28/h1-5,7,9,14,28H,6,8,10-11H2,(H,24,25)(H,26,27)/b16-9+,23-17+. The Morgan fingerprint density at radius 3 is 2.70 bits per heavy atom. The van der Waals surface area contributed by atoms with Crippen LogP contribution in [-0.4, -0.2) is 45.8 Å². The Bertz CT molecular complexity index is 1090. The summed E-state index contributed by atoms with van der Waals surface area (Å²) < 4.78 is 11.4. The quantitative estimate of drug-likeness (QED) is 0.511. The van der Waals surface area contributed by atoms with Crippen LogP contribution in [0.15, 0.2) is 41.6 Å². The van der Waals surface area contributed by atoms with Gasteiger partial charge in [-0.05, 0) is 35.3 Å². The summed E-state index contributed by atoms with van der Waals surface area (Å²) in [6.07, 6.45) is 1.86. The monoisotopic (exact) mass is 409 g/mol. The van der Waals surface area contributed by atoms with Crippen LogP contribution < -0.4 is 9.47 Å². The molecule has 8 nitrogen and oxygen atoms in total. The van der Waals surface area contributed by atoms with E-state index in [2.05, 4.69) is 5.16 Å². The number of fused-ring (bicyclic) bond motifs is 2. The Labute approximate surface area is 171 Å². The molecule has 2 aromatic rings. The van der Waals surface area contributed by atoms with E-state index in [1.165, 1.54) is 0 Å². The zero-order chi connectivity index (χ0) is 21.3. The molecule has 4 rings (SSSR count). The second kappa shape index (κ2) is 7.90. The number of benzene rings is 2. The van der Waals surface area contributed by atoms with E-state index >= 15 is 0 Å². The molecule has 2 aromatic carbocycles. The lowest BCUT2D eigenvalue weighted by Gasteiger charge is -2.27. The molecule has 0 aromatic heterocycles. The number of rotatable bonds is 5. The molecule has 0 fully saturated rings. The van der Waals surface area contributed by atoms with Crippen molar-refractivity contribution in [1.29, 1.82) is 0 Å². The molecular weight excluding hydrogens is 390 g/mol. The van der Waals surface area contributed by atoms with Gasteiger partial charge < -0.3 is 24.9 Å². The van der Waals surface area contributed by atoms with E-state index in [1.54, 1.807) is 18.2 Å². The number of ether oxygens (including phenoxy) is 2. The van der Waals surface area contributed by atoms with Crippen molar-refractivity contribution >= 4 is 29.3 Å². The SMILES string of the molecule is O=C(O)CCC1COc2c(ccc(/C=C3/C(=N/O)Cc4ccccc43)c2C(=O)O)O1. The third-order valence-corrected chi connectivity index (χ3v) is 5.15. The molecule has 0 amide bonds. The first-order valence-electron chi connectivity index (χ1n) is 9.40. The fourth-order valence-corrected chi connectivity index (χ4v) is 3.75. The lowest BCUT2D eigenvalue weighted by atomic mass is 9.99. The fraction of sp³-hybridized carbons (Fsp3) is 0.227. The molecule has 1 heterocycles. The summed E-state index contributed by atoms with van der Waals surface area (Å²) in [5, 5.41) is 31.5. The molecule has 30 heavy (non-hydrogen) atoms.